The monoisotopic (exact) mass is 302 g/mol. The van der Waals surface area contributed by atoms with Crippen LogP contribution in [0.1, 0.15) is 11.3 Å². The second-order valence-electron chi connectivity index (χ2n) is 5.02. The zero-order chi connectivity index (χ0) is 14.7. The first-order valence-electron chi connectivity index (χ1n) is 6.94. The van der Waals surface area contributed by atoms with Gasteiger partial charge in [0.25, 0.3) is 0 Å². The van der Waals surface area contributed by atoms with Gasteiger partial charge in [-0.1, -0.05) is 41.9 Å². The van der Waals surface area contributed by atoms with Crippen molar-refractivity contribution < 1.29 is 4.39 Å². The van der Waals surface area contributed by atoms with Gasteiger partial charge >= 0.3 is 0 Å². The van der Waals surface area contributed by atoms with Crippen molar-refractivity contribution in [1.29, 1.82) is 0 Å². The normalized spacial score (nSPS) is 11.1. The molecule has 2 nitrogen and oxygen atoms in total. The minimum Gasteiger partial charge on any atom is -0.356 e. The van der Waals surface area contributed by atoms with E-state index in [1.165, 1.54) is 6.07 Å². The number of hydrogen-bond donors (Lipinski definition) is 2. The van der Waals surface area contributed by atoms with Crippen molar-refractivity contribution in [3.8, 4) is 0 Å². The average molecular weight is 303 g/mol. The molecule has 21 heavy (non-hydrogen) atoms. The molecule has 1 heterocycles. The molecule has 108 valence electrons. The molecule has 0 saturated carbocycles. The maximum atomic E-state index is 13.1. The topological polar surface area (TPSA) is 27.8 Å². The van der Waals surface area contributed by atoms with Gasteiger partial charge in [0.15, 0.2) is 0 Å². The number of aromatic amines is 1. The highest BCUT2D eigenvalue weighted by Gasteiger charge is 2.08. The molecule has 0 radical (unpaired) electrons. The number of halogens is 2. The number of para-hydroxylation sites is 1. The van der Waals surface area contributed by atoms with Gasteiger partial charge in [0.05, 0.1) is 5.02 Å². The Balaban J connectivity index is 1.58. The Bertz CT molecular complexity index is 751. The van der Waals surface area contributed by atoms with Gasteiger partial charge in [0, 0.05) is 23.1 Å². The molecule has 3 aromatic rings. The van der Waals surface area contributed by atoms with E-state index in [0.717, 1.165) is 40.1 Å². The summed E-state index contributed by atoms with van der Waals surface area (Å²) in [7, 11) is 0. The standard InChI is InChI=1S/C17H16ClFN2/c18-17-14-6-1-2-7-15(14)21-16(17)11-20-9-8-12-4-3-5-13(19)10-12/h1-7,10,20-21H,8-9,11H2. The van der Waals surface area contributed by atoms with Gasteiger partial charge in [-0.3, -0.25) is 0 Å². The van der Waals surface area contributed by atoms with E-state index >= 15 is 0 Å². The van der Waals surface area contributed by atoms with Crippen LogP contribution in [0.2, 0.25) is 5.02 Å². The Morgan fingerprint density at radius 2 is 1.95 bits per heavy atom. The molecular formula is C17H16ClFN2. The van der Waals surface area contributed by atoms with E-state index in [2.05, 4.69) is 10.3 Å². The maximum Gasteiger partial charge on any atom is 0.123 e. The highest BCUT2D eigenvalue weighted by atomic mass is 35.5. The van der Waals surface area contributed by atoms with Gasteiger partial charge in [-0.25, -0.2) is 4.39 Å². The van der Waals surface area contributed by atoms with Crippen LogP contribution in [0.25, 0.3) is 10.9 Å². The third-order valence-electron chi connectivity index (χ3n) is 3.50. The molecule has 0 spiro atoms. The largest absolute Gasteiger partial charge is 0.356 e. The van der Waals surface area contributed by atoms with E-state index < -0.39 is 0 Å². The SMILES string of the molecule is Fc1cccc(CCNCc2[nH]c3ccccc3c2Cl)c1. The fourth-order valence-corrected chi connectivity index (χ4v) is 2.70. The van der Waals surface area contributed by atoms with Gasteiger partial charge in [0.1, 0.15) is 5.82 Å². The van der Waals surface area contributed by atoms with Crippen LogP contribution in [0.4, 0.5) is 4.39 Å². The third kappa shape index (κ3) is 3.26. The van der Waals surface area contributed by atoms with Crippen molar-refractivity contribution in [2.45, 2.75) is 13.0 Å². The van der Waals surface area contributed by atoms with Crippen molar-refractivity contribution in [2.24, 2.45) is 0 Å². The number of H-pyrrole nitrogens is 1. The van der Waals surface area contributed by atoms with E-state index in [4.69, 9.17) is 11.6 Å². The molecule has 3 rings (SSSR count). The second-order valence-corrected chi connectivity index (χ2v) is 5.40. The molecule has 0 aliphatic heterocycles. The lowest BCUT2D eigenvalue weighted by molar-refractivity contribution is 0.622. The first kappa shape index (κ1) is 14.1. The molecule has 0 aliphatic carbocycles. The fraction of sp³-hybridized carbons (Fsp3) is 0.176. The number of fused-ring (bicyclic) bond motifs is 1. The number of nitrogens with one attached hydrogen (secondary N) is 2. The molecule has 0 atom stereocenters. The molecule has 0 saturated heterocycles. The van der Waals surface area contributed by atoms with Crippen LogP contribution < -0.4 is 5.32 Å². The molecule has 0 aliphatic rings. The molecule has 0 bridgehead atoms. The third-order valence-corrected chi connectivity index (χ3v) is 3.93. The minimum atomic E-state index is -0.189. The average Bonchev–Trinajstić information content (AvgIpc) is 2.81. The lowest BCUT2D eigenvalue weighted by Crippen LogP contribution is -2.17. The van der Waals surface area contributed by atoms with E-state index in [1.54, 1.807) is 12.1 Å². The van der Waals surface area contributed by atoms with Crippen LogP contribution in [0.3, 0.4) is 0 Å². The van der Waals surface area contributed by atoms with E-state index in [1.807, 2.05) is 30.3 Å². The zero-order valence-corrected chi connectivity index (χ0v) is 12.3. The zero-order valence-electron chi connectivity index (χ0n) is 11.5. The Kier molecular flexibility index (Phi) is 4.23. The predicted octanol–water partition coefficient (Wildman–Crippen LogP) is 4.29. The van der Waals surface area contributed by atoms with E-state index in [-0.39, 0.29) is 5.82 Å². The van der Waals surface area contributed by atoms with Crippen LogP contribution in [0.5, 0.6) is 0 Å². The van der Waals surface area contributed by atoms with E-state index in [9.17, 15) is 4.39 Å². The number of benzene rings is 2. The van der Waals surface area contributed by atoms with E-state index in [0.29, 0.717) is 6.54 Å². The van der Waals surface area contributed by atoms with Crippen LogP contribution >= 0.6 is 11.6 Å². The lowest BCUT2D eigenvalue weighted by atomic mass is 10.1. The summed E-state index contributed by atoms with van der Waals surface area (Å²) >= 11 is 6.35. The van der Waals surface area contributed by atoms with Gasteiger partial charge < -0.3 is 10.3 Å². The van der Waals surface area contributed by atoms with Gasteiger partial charge in [-0.2, -0.15) is 0 Å². The summed E-state index contributed by atoms with van der Waals surface area (Å²) in [5.41, 5.74) is 3.02. The van der Waals surface area contributed by atoms with Crippen LogP contribution in [-0.2, 0) is 13.0 Å². The predicted molar refractivity (Wildman–Crippen MR) is 85.1 cm³/mol. The molecule has 0 amide bonds. The summed E-state index contributed by atoms with van der Waals surface area (Å²) in [5.74, 6) is -0.189. The molecule has 0 fully saturated rings. The summed E-state index contributed by atoms with van der Waals surface area (Å²) in [6.07, 6.45) is 0.787. The summed E-state index contributed by atoms with van der Waals surface area (Å²) < 4.78 is 13.1. The summed E-state index contributed by atoms with van der Waals surface area (Å²) in [6.45, 7) is 1.44. The number of rotatable bonds is 5. The molecule has 1 aromatic heterocycles. The molecule has 2 aromatic carbocycles. The molecule has 0 unspecified atom stereocenters. The van der Waals surface area contributed by atoms with Gasteiger partial charge in [-0.05, 0) is 36.7 Å². The Labute approximate surface area is 127 Å². The summed E-state index contributed by atoms with van der Waals surface area (Å²) in [4.78, 5) is 3.32. The van der Waals surface area contributed by atoms with Crippen LogP contribution in [0, 0.1) is 5.82 Å². The minimum absolute atomic E-state index is 0.189. The Morgan fingerprint density at radius 1 is 1.10 bits per heavy atom. The maximum absolute atomic E-state index is 13.1. The lowest BCUT2D eigenvalue weighted by Gasteiger charge is -2.04. The highest BCUT2D eigenvalue weighted by Crippen LogP contribution is 2.26. The van der Waals surface area contributed by atoms with Crippen LogP contribution in [-0.4, -0.2) is 11.5 Å². The first-order chi connectivity index (χ1) is 10.2. The molecular weight excluding hydrogens is 287 g/mol. The summed E-state index contributed by atoms with van der Waals surface area (Å²) in [5, 5.41) is 5.14. The van der Waals surface area contributed by atoms with Crippen molar-refractivity contribution in [3.63, 3.8) is 0 Å². The van der Waals surface area contributed by atoms with Crippen molar-refractivity contribution in [3.05, 3.63) is 70.6 Å². The molecule has 2 N–H and O–H groups in total. The van der Waals surface area contributed by atoms with Crippen molar-refractivity contribution in [2.75, 3.05) is 6.54 Å². The Morgan fingerprint density at radius 3 is 2.76 bits per heavy atom. The smallest absolute Gasteiger partial charge is 0.123 e. The van der Waals surface area contributed by atoms with Crippen molar-refractivity contribution in [1.82, 2.24) is 10.3 Å². The Hall–Kier alpha value is -1.84. The number of aromatic nitrogens is 1. The van der Waals surface area contributed by atoms with Gasteiger partial charge in [-0.15, -0.1) is 0 Å². The second kappa shape index (κ2) is 6.29. The number of hydrogen-bond acceptors (Lipinski definition) is 1. The van der Waals surface area contributed by atoms with Gasteiger partial charge in [0.2, 0.25) is 0 Å². The highest BCUT2D eigenvalue weighted by molar-refractivity contribution is 6.36. The first-order valence-corrected chi connectivity index (χ1v) is 7.32. The summed E-state index contributed by atoms with van der Waals surface area (Å²) in [6, 6.07) is 14.7. The van der Waals surface area contributed by atoms with Crippen molar-refractivity contribution >= 4 is 22.5 Å². The van der Waals surface area contributed by atoms with Crippen LogP contribution in [0.15, 0.2) is 48.5 Å². The molecule has 4 heteroatoms. The quantitative estimate of drug-likeness (QED) is 0.676. The fourth-order valence-electron chi connectivity index (χ4n) is 2.42.